The Balaban J connectivity index is 1.93. The van der Waals surface area contributed by atoms with Gasteiger partial charge in [0.2, 0.25) is 0 Å². The number of Topliss-reactive ketones (excluding diaryl/α,β-unsaturated/α-hetero) is 1. The van der Waals surface area contributed by atoms with E-state index in [1.165, 1.54) is 42.5 Å². The zero-order valence-corrected chi connectivity index (χ0v) is 13.6. The van der Waals surface area contributed by atoms with Crippen LogP contribution >= 0.6 is 0 Å². The topological polar surface area (TPSA) is 93.9 Å². The molecule has 0 saturated carbocycles. The number of aromatic nitrogens is 3. The highest BCUT2D eigenvalue weighted by Crippen LogP contribution is 2.20. The fraction of sp³-hybridized carbons (Fsp3) is 0.0625. The van der Waals surface area contributed by atoms with Gasteiger partial charge in [-0.25, -0.2) is 13.1 Å². The van der Waals surface area contributed by atoms with E-state index in [1.807, 2.05) is 30.3 Å². The average molecular weight is 342 g/mol. The summed E-state index contributed by atoms with van der Waals surface area (Å²) in [5.74, 6) is -0.277. The highest BCUT2D eigenvalue weighted by Gasteiger charge is 2.19. The van der Waals surface area contributed by atoms with E-state index < -0.39 is 10.0 Å². The van der Waals surface area contributed by atoms with E-state index in [0.717, 1.165) is 5.69 Å². The Bertz CT molecular complexity index is 981. The minimum Gasteiger partial charge on any atom is -0.294 e. The Labute approximate surface area is 139 Å². The number of nitrogens with one attached hydrogen (secondary N) is 1. The Morgan fingerprint density at radius 3 is 2.58 bits per heavy atom. The van der Waals surface area contributed by atoms with Gasteiger partial charge >= 0.3 is 0 Å². The van der Waals surface area contributed by atoms with Crippen molar-refractivity contribution in [3.05, 3.63) is 66.7 Å². The second-order valence-corrected chi connectivity index (χ2v) is 6.72. The summed E-state index contributed by atoms with van der Waals surface area (Å²) in [5.41, 5.74) is 1.13. The van der Waals surface area contributed by atoms with Gasteiger partial charge in [-0.2, -0.15) is 5.10 Å². The van der Waals surface area contributed by atoms with Gasteiger partial charge in [0.25, 0.3) is 10.0 Å². The van der Waals surface area contributed by atoms with E-state index in [0.29, 0.717) is 0 Å². The van der Waals surface area contributed by atoms with Gasteiger partial charge in [0.05, 0.1) is 29.3 Å². The monoisotopic (exact) mass is 342 g/mol. The molecule has 1 N–H and O–H groups in total. The first-order valence-electron chi connectivity index (χ1n) is 7.05. The van der Waals surface area contributed by atoms with Crippen LogP contribution in [0.5, 0.6) is 0 Å². The van der Waals surface area contributed by atoms with Crippen LogP contribution in [0.1, 0.15) is 17.3 Å². The minimum atomic E-state index is -3.87. The Morgan fingerprint density at radius 1 is 1.12 bits per heavy atom. The predicted molar refractivity (Wildman–Crippen MR) is 88.6 cm³/mol. The summed E-state index contributed by atoms with van der Waals surface area (Å²) in [6.07, 6.45) is 5.40. The normalized spacial score (nSPS) is 11.2. The molecule has 3 aromatic rings. The molecule has 7 nitrogen and oxygen atoms in total. The molecule has 0 aliphatic rings. The standard InChI is InChI=1S/C16H14N4O3S/c1-12(21)15-10-17-8-7-16(15)19-24(22,23)14-9-18-20(11-14)13-5-3-2-4-6-13/h2-11H,1H3,(H,17,19). The summed E-state index contributed by atoms with van der Waals surface area (Å²) in [4.78, 5) is 15.4. The van der Waals surface area contributed by atoms with Gasteiger partial charge in [-0.15, -0.1) is 0 Å². The quantitative estimate of drug-likeness (QED) is 0.718. The van der Waals surface area contributed by atoms with E-state index >= 15 is 0 Å². The van der Waals surface area contributed by atoms with Crippen molar-refractivity contribution >= 4 is 21.5 Å². The van der Waals surface area contributed by atoms with Crippen molar-refractivity contribution in [1.82, 2.24) is 14.8 Å². The highest BCUT2D eigenvalue weighted by molar-refractivity contribution is 7.92. The minimum absolute atomic E-state index is 0.00216. The van der Waals surface area contributed by atoms with E-state index in [1.54, 1.807) is 0 Å². The molecule has 0 fully saturated rings. The number of pyridine rings is 1. The van der Waals surface area contributed by atoms with E-state index in [9.17, 15) is 13.2 Å². The van der Waals surface area contributed by atoms with Crippen LogP contribution in [0.3, 0.4) is 0 Å². The van der Waals surface area contributed by atoms with Crippen molar-refractivity contribution in [3.63, 3.8) is 0 Å². The van der Waals surface area contributed by atoms with Crippen molar-refractivity contribution in [2.24, 2.45) is 0 Å². The molecule has 0 saturated heterocycles. The van der Waals surface area contributed by atoms with Crippen LogP contribution in [0.15, 0.2) is 66.1 Å². The molecule has 2 aromatic heterocycles. The number of rotatable bonds is 5. The first-order valence-corrected chi connectivity index (χ1v) is 8.53. The predicted octanol–water partition coefficient (Wildman–Crippen LogP) is 2.27. The number of hydrogen-bond acceptors (Lipinski definition) is 5. The molecular weight excluding hydrogens is 328 g/mol. The lowest BCUT2D eigenvalue weighted by Gasteiger charge is -2.09. The summed E-state index contributed by atoms with van der Waals surface area (Å²) in [6.45, 7) is 1.35. The molecule has 0 unspecified atom stereocenters. The molecule has 0 bridgehead atoms. The molecule has 1 aromatic carbocycles. The molecule has 3 rings (SSSR count). The maximum absolute atomic E-state index is 12.5. The third-order valence-electron chi connectivity index (χ3n) is 3.33. The molecule has 0 amide bonds. The number of carbonyl (C=O) groups is 1. The van der Waals surface area contributed by atoms with Crippen LogP contribution in [0, 0.1) is 0 Å². The van der Waals surface area contributed by atoms with Gasteiger partial charge in [0, 0.05) is 12.4 Å². The molecule has 8 heteroatoms. The van der Waals surface area contributed by atoms with Crippen LogP contribution in [0.4, 0.5) is 5.69 Å². The fourth-order valence-electron chi connectivity index (χ4n) is 2.13. The van der Waals surface area contributed by atoms with Crippen molar-refractivity contribution in [2.45, 2.75) is 11.8 Å². The molecule has 2 heterocycles. The molecular formula is C16H14N4O3S. The zero-order chi connectivity index (χ0) is 17.2. The fourth-order valence-corrected chi connectivity index (χ4v) is 3.14. The largest absolute Gasteiger partial charge is 0.294 e. The molecule has 0 atom stereocenters. The number of para-hydroxylation sites is 1. The molecule has 0 spiro atoms. The van der Waals surface area contributed by atoms with E-state index in [2.05, 4.69) is 14.8 Å². The number of carbonyl (C=O) groups excluding carboxylic acids is 1. The molecule has 122 valence electrons. The maximum Gasteiger partial charge on any atom is 0.265 e. The van der Waals surface area contributed by atoms with Crippen LogP contribution in [0.2, 0.25) is 0 Å². The summed E-state index contributed by atoms with van der Waals surface area (Å²) < 4.78 is 28.9. The number of sulfonamides is 1. The summed E-state index contributed by atoms with van der Waals surface area (Å²) in [5, 5.41) is 4.07. The summed E-state index contributed by atoms with van der Waals surface area (Å²) in [7, 11) is -3.87. The van der Waals surface area contributed by atoms with Gasteiger partial charge in [-0.05, 0) is 25.1 Å². The lowest BCUT2D eigenvalue weighted by Crippen LogP contribution is -2.14. The molecule has 24 heavy (non-hydrogen) atoms. The van der Waals surface area contributed by atoms with Gasteiger partial charge in [-0.3, -0.25) is 14.5 Å². The van der Waals surface area contributed by atoms with Crippen LogP contribution < -0.4 is 4.72 Å². The van der Waals surface area contributed by atoms with Crippen molar-refractivity contribution in [1.29, 1.82) is 0 Å². The van der Waals surface area contributed by atoms with E-state index in [4.69, 9.17) is 0 Å². The SMILES string of the molecule is CC(=O)c1cnccc1NS(=O)(=O)c1cnn(-c2ccccc2)c1. The Kier molecular flexibility index (Phi) is 4.13. The second kappa shape index (κ2) is 6.25. The lowest BCUT2D eigenvalue weighted by atomic mass is 10.2. The molecule has 0 aliphatic heterocycles. The van der Waals surface area contributed by atoms with Crippen LogP contribution in [-0.2, 0) is 10.0 Å². The van der Waals surface area contributed by atoms with Crippen molar-refractivity contribution in [3.8, 4) is 5.69 Å². The van der Waals surface area contributed by atoms with Crippen LogP contribution in [0.25, 0.3) is 5.69 Å². The number of benzene rings is 1. The third kappa shape index (κ3) is 3.18. The van der Waals surface area contributed by atoms with Gasteiger partial charge in [-0.1, -0.05) is 18.2 Å². The first-order chi connectivity index (χ1) is 11.5. The molecule has 0 radical (unpaired) electrons. The third-order valence-corrected chi connectivity index (χ3v) is 4.65. The maximum atomic E-state index is 12.5. The van der Waals surface area contributed by atoms with Crippen molar-refractivity contribution < 1.29 is 13.2 Å². The summed E-state index contributed by atoms with van der Waals surface area (Å²) >= 11 is 0. The van der Waals surface area contributed by atoms with Crippen LogP contribution in [-0.4, -0.2) is 29.0 Å². The average Bonchev–Trinajstić information content (AvgIpc) is 3.06. The first kappa shape index (κ1) is 15.9. The number of ketones is 1. The summed E-state index contributed by atoms with van der Waals surface area (Å²) in [6, 6.07) is 10.6. The van der Waals surface area contributed by atoms with E-state index in [-0.39, 0.29) is 21.9 Å². The van der Waals surface area contributed by atoms with Gasteiger partial charge in [0.15, 0.2) is 5.78 Å². The van der Waals surface area contributed by atoms with Crippen molar-refractivity contribution in [2.75, 3.05) is 4.72 Å². The number of anilines is 1. The number of hydrogen-bond donors (Lipinski definition) is 1. The number of nitrogens with zero attached hydrogens (tertiary/aromatic N) is 3. The highest BCUT2D eigenvalue weighted by atomic mass is 32.2. The lowest BCUT2D eigenvalue weighted by molar-refractivity contribution is 0.101. The second-order valence-electron chi connectivity index (χ2n) is 5.04. The van der Waals surface area contributed by atoms with Gasteiger partial charge in [0.1, 0.15) is 4.90 Å². The zero-order valence-electron chi connectivity index (χ0n) is 12.7. The Hall–Kier alpha value is -3.00. The van der Waals surface area contributed by atoms with Gasteiger partial charge < -0.3 is 0 Å². The molecule has 0 aliphatic carbocycles. The smallest absolute Gasteiger partial charge is 0.265 e. The Morgan fingerprint density at radius 2 is 1.88 bits per heavy atom.